The Kier molecular flexibility index (Phi) is 5.88. The molecule has 2 heterocycles. The van der Waals surface area contributed by atoms with Gasteiger partial charge in [0.1, 0.15) is 0 Å². The van der Waals surface area contributed by atoms with Crippen molar-refractivity contribution in [2.75, 3.05) is 39.3 Å². The van der Waals surface area contributed by atoms with Gasteiger partial charge in [0.15, 0.2) is 0 Å². The zero-order valence-electron chi connectivity index (χ0n) is 13.7. The van der Waals surface area contributed by atoms with Crippen LogP contribution in [0.3, 0.4) is 0 Å². The highest BCUT2D eigenvalue weighted by atomic mass is 16.3. The van der Waals surface area contributed by atoms with Crippen LogP contribution in [0.5, 0.6) is 0 Å². The molecule has 2 aliphatic heterocycles. The average molecular weight is 302 g/mol. The quantitative estimate of drug-likeness (QED) is 0.905. The minimum Gasteiger partial charge on any atom is -0.396 e. The number of aliphatic hydroxyl groups excluding tert-OH is 1. The molecule has 0 radical (unpaired) electrons. The molecular weight excluding hydrogens is 272 g/mol. The Morgan fingerprint density at radius 1 is 1.00 bits per heavy atom. The largest absolute Gasteiger partial charge is 0.396 e. The normalized spacial score (nSPS) is 25.4. The van der Waals surface area contributed by atoms with Gasteiger partial charge in [-0.1, -0.05) is 30.3 Å². The molecule has 0 spiro atoms. The molecule has 22 heavy (non-hydrogen) atoms. The molecule has 0 aromatic heterocycles. The number of benzene rings is 1. The Morgan fingerprint density at radius 2 is 1.77 bits per heavy atom. The van der Waals surface area contributed by atoms with Crippen LogP contribution in [0.4, 0.5) is 0 Å². The van der Waals surface area contributed by atoms with Gasteiger partial charge in [0.05, 0.1) is 0 Å². The van der Waals surface area contributed by atoms with E-state index in [1.807, 2.05) is 0 Å². The zero-order valence-corrected chi connectivity index (χ0v) is 13.7. The summed E-state index contributed by atoms with van der Waals surface area (Å²) in [5.41, 5.74) is 1.45. The SMILES string of the molecule is OCC1CCN([C@@H]2CCCN(CCc3ccccc3)C2)CC1. The maximum absolute atomic E-state index is 9.28. The lowest BCUT2D eigenvalue weighted by Gasteiger charge is -2.42. The Balaban J connectivity index is 1.45. The molecule has 0 unspecified atom stereocenters. The van der Waals surface area contributed by atoms with Crippen molar-refractivity contribution in [3.8, 4) is 0 Å². The summed E-state index contributed by atoms with van der Waals surface area (Å²) in [4.78, 5) is 5.33. The highest BCUT2D eigenvalue weighted by molar-refractivity contribution is 5.14. The predicted octanol–water partition coefficient (Wildman–Crippen LogP) is 2.40. The second kappa shape index (κ2) is 8.09. The molecule has 1 N–H and O–H groups in total. The highest BCUT2D eigenvalue weighted by Gasteiger charge is 2.28. The van der Waals surface area contributed by atoms with Crippen LogP contribution in [0, 0.1) is 5.92 Å². The van der Waals surface area contributed by atoms with Crippen LogP contribution in [0.15, 0.2) is 30.3 Å². The molecule has 3 nitrogen and oxygen atoms in total. The van der Waals surface area contributed by atoms with Gasteiger partial charge in [-0.05, 0) is 63.2 Å². The first kappa shape index (κ1) is 16.0. The molecule has 0 amide bonds. The highest BCUT2D eigenvalue weighted by Crippen LogP contribution is 2.23. The summed E-state index contributed by atoms with van der Waals surface area (Å²) in [6.07, 6.45) is 6.21. The minimum absolute atomic E-state index is 0.377. The Morgan fingerprint density at radius 3 is 2.50 bits per heavy atom. The van der Waals surface area contributed by atoms with E-state index >= 15 is 0 Å². The fourth-order valence-electron chi connectivity index (χ4n) is 3.96. The summed E-state index contributed by atoms with van der Waals surface area (Å²) < 4.78 is 0. The van der Waals surface area contributed by atoms with Crippen molar-refractivity contribution in [1.82, 2.24) is 9.80 Å². The predicted molar refractivity (Wildman–Crippen MR) is 91.0 cm³/mol. The van der Waals surface area contributed by atoms with Gasteiger partial charge >= 0.3 is 0 Å². The van der Waals surface area contributed by atoms with E-state index in [0.717, 1.165) is 6.04 Å². The molecule has 0 aliphatic carbocycles. The molecule has 2 saturated heterocycles. The summed E-state index contributed by atoms with van der Waals surface area (Å²) in [6, 6.07) is 11.6. The molecule has 2 fully saturated rings. The molecule has 3 heteroatoms. The van der Waals surface area contributed by atoms with Crippen molar-refractivity contribution in [3.05, 3.63) is 35.9 Å². The number of aliphatic hydroxyl groups is 1. The van der Waals surface area contributed by atoms with Crippen molar-refractivity contribution >= 4 is 0 Å². The molecule has 3 rings (SSSR count). The van der Waals surface area contributed by atoms with Crippen molar-refractivity contribution in [1.29, 1.82) is 0 Å². The van der Waals surface area contributed by atoms with Gasteiger partial charge in [-0.3, -0.25) is 4.90 Å². The summed E-state index contributed by atoms with van der Waals surface area (Å²) in [7, 11) is 0. The number of hydrogen-bond acceptors (Lipinski definition) is 3. The van der Waals surface area contributed by atoms with Gasteiger partial charge in [0.25, 0.3) is 0 Å². The maximum Gasteiger partial charge on any atom is 0.0460 e. The van der Waals surface area contributed by atoms with Crippen molar-refractivity contribution < 1.29 is 5.11 Å². The molecule has 1 aromatic rings. The number of rotatable bonds is 5. The van der Waals surface area contributed by atoms with Crippen molar-refractivity contribution in [2.45, 2.75) is 38.1 Å². The van der Waals surface area contributed by atoms with E-state index in [-0.39, 0.29) is 0 Å². The molecule has 2 aliphatic rings. The van der Waals surface area contributed by atoms with Gasteiger partial charge in [0, 0.05) is 25.7 Å². The minimum atomic E-state index is 0.377. The standard InChI is InChI=1S/C19H30N2O/c22-16-18-9-13-21(14-10-18)19-7-4-11-20(15-19)12-8-17-5-2-1-3-6-17/h1-3,5-6,18-19,22H,4,7-16H2/t19-/m1/s1. The van der Waals surface area contributed by atoms with Crippen molar-refractivity contribution in [2.24, 2.45) is 5.92 Å². The summed E-state index contributed by atoms with van der Waals surface area (Å²) in [6.45, 7) is 6.42. The third-order valence-electron chi connectivity index (χ3n) is 5.46. The maximum atomic E-state index is 9.28. The van der Waals surface area contributed by atoms with Crippen LogP contribution in [0.2, 0.25) is 0 Å². The lowest BCUT2D eigenvalue weighted by molar-refractivity contribution is 0.0571. The van der Waals surface area contributed by atoms with E-state index in [9.17, 15) is 5.11 Å². The number of piperidine rings is 2. The van der Waals surface area contributed by atoms with Gasteiger partial charge in [-0.2, -0.15) is 0 Å². The van der Waals surface area contributed by atoms with E-state index in [2.05, 4.69) is 40.1 Å². The second-order valence-electron chi connectivity index (χ2n) is 6.99. The monoisotopic (exact) mass is 302 g/mol. The first-order chi connectivity index (χ1) is 10.8. The van der Waals surface area contributed by atoms with E-state index in [0.29, 0.717) is 12.5 Å². The molecule has 0 saturated carbocycles. The Labute approximate surface area is 134 Å². The summed E-state index contributed by atoms with van der Waals surface area (Å²) in [5, 5.41) is 9.28. The first-order valence-corrected chi connectivity index (χ1v) is 8.96. The molecule has 0 bridgehead atoms. The van der Waals surface area contributed by atoms with E-state index < -0.39 is 0 Å². The first-order valence-electron chi connectivity index (χ1n) is 8.96. The molecule has 1 aromatic carbocycles. The van der Waals surface area contributed by atoms with Gasteiger partial charge < -0.3 is 10.0 Å². The Bertz CT molecular complexity index is 428. The third kappa shape index (κ3) is 4.31. The Hall–Kier alpha value is -0.900. The zero-order chi connectivity index (χ0) is 15.2. The van der Waals surface area contributed by atoms with Gasteiger partial charge in [-0.15, -0.1) is 0 Å². The average Bonchev–Trinajstić information content (AvgIpc) is 2.61. The van der Waals surface area contributed by atoms with Crippen LogP contribution in [0.1, 0.15) is 31.2 Å². The van der Waals surface area contributed by atoms with Crippen LogP contribution in [0.25, 0.3) is 0 Å². The van der Waals surface area contributed by atoms with Crippen LogP contribution >= 0.6 is 0 Å². The number of likely N-dealkylation sites (tertiary alicyclic amines) is 2. The fourth-order valence-corrected chi connectivity index (χ4v) is 3.96. The van der Waals surface area contributed by atoms with E-state index in [1.54, 1.807) is 0 Å². The number of nitrogens with zero attached hydrogens (tertiary/aromatic N) is 2. The lowest BCUT2D eigenvalue weighted by Crippen LogP contribution is -2.50. The van der Waals surface area contributed by atoms with Crippen LogP contribution in [-0.2, 0) is 6.42 Å². The topological polar surface area (TPSA) is 26.7 Å². The van der Waals surface area contributed by atoms with Gasteiger partial charge in [-0.25, -0.2) is 0 Å². The fraction of sp³-hybridized carbons (Fsp3) is 0.684. The van der Waals surface area contributed by atoms with Crippen LogP contribution in [-0.4, -0.2) is 60.3 Å². The molecular formula is C19H30N2O. The second-order valence-corrected chi connectivity index (χ2v) is 6.99. The summed E-state index contributed by atoms with van der Waals surface area (Å²) >= 11 is 0. The van der Waals surface area contributed by atoms with E-state index in [1.165, 1.54) is 70.4 Å². The van der Waals surface area contributed by atoms with Gasteiger partial charge in [0.2, 0.25) is 0 Å². The lowest BCUT2D eigenvalue weighted by atomic mass is 9.94. The molecule has 1 atom stereocenters. The smallest absolute Gasteiger partial charge is 0.0460 e. The van der Waals surface area contributed by atoms with E-state index in [4.69, 9.17) is 0 Å². The number of hydrogen-bond donors (Lipinski definition) is 1. The van der Waals surface area contributed by atoms with Crippen molar-refractivity contribution in [3.63, 3.8) is 0 Å². The third-order valence-corrected chi connectivity index (χ3v) is 5.46. The summed E-state index contributed by atoms with van der Waals surface area (Å²) in [5.74, 6) is 0.550. The molecule has 122 valence electrons. The van der Waals surface area contributed by atoms with Crippen LogP contribution < -0.4 is 0 Å².